The maximum absolute atomic E-state index is 9.32. The lowest BCUT2D eigenvalue weighted by molar-refractivity contribution is -0.646. The summed E-state index contributed by atoms with van der Waals surface area (Å²) in [5.74, 6) is 0. The van der Waals surface area contributed by atoms with Crippen LogP contribution in [-0.4, -0.2) is 6.61 Å². The lowest BCUT2D eigenvalue weighted by Crippen LogP contribution is -1.95. The predicted molar refractivity (Wildman–Crippen MR) is 51.4 cm³/mol. The SMILES string of the molecule is CCCCCCCCCCOOO[O]. The van der Waals surface area contributed by atoms with E-state index in [1.54, 1.807) is 0 Å². The molecule has 0 atom stereocenters. The minimum Gasteiger partial charge on any atom is -0.204 e. The predicted octanol–water partition coefficient (Wildman–Crippen LogP) is 3.35. The first-order valence-corrected chi connectivity index (χ1v) is 5.50. The Bertz CT molecular complexity index is 86.1. The highest BCUT2D eigenvalue weighted by Crippen LogP contribution is 2.08. The van der Waals surface area contributed by atoms with E-state index >= 15 is 0 Å². The quantitative estimate of drug-likeness (QED) is 0.295. The first-order valence-electron chi connectivity index (χ1n) is 5.50. The van der Waals surface area contributed by atoms with E-state index in [-0.39, 0.29) is 0 Å². The molecule has 1 radical (unpaired) electrons. The van der Waals surface area contributed by atoms with Crippen LogP contribution in [0.1, 0.15) is 58.3 Å². The molecule has 0 aromatic carbocycles. The molecule has 0 amide bonds. The Morgan fingerprint density at radius 2 is 1.43 bits per heavy atom. The fourth-order valence-corrected chi connectivity index (χ4v) is 1.35. The van der Waals surface area contributed by atoms with E-state index in [4.69, 9.17) is 0 Å². The molecule has 14 heavy (non-hydrogen) atoms. The van der Waals surface area contributed by atoms with Crippen LogP contribution >= 0.6 is 0 Å². The van der Waals surface area contributed by atoms with E-state index in [2.05, 4.69) is 21.9 Å². The summed E-state index contributed by atoms with van der Waals surface area (Å²) in [4.78, 5) is 4.39. The van der Waals surface area contributed by atoms with Crippen LogP contribution in [0.4, 0.5) is 0 Å². The van der Waals surface area contributed by atoms with Gasteiger partial charge in [-0.3, -0.25) is 0 Å². The zero-order valence-electron chi connectivity index (χ0n) is 9.00. The maximum atomic E-state index is 9.32. The summed E-state index contributed by atoms with van der Waals surface area (Å²) in [6.45, 7) is 2.65. The average Bonchev–Trinajstić information content (AvgIpc) is 2.21. The van der Waals surface area contributed by atoms with E-state index in [0.29, 0.717) is 6.61 Å². The van der Waals surface area contributed by atoms with Crippen molar-refractivity contribution in [2.45, 2.75) is 58.3 Å². The van der Waals surface area contributed by atoms with E-state index in [9.17, 15) is 5.26 Å². The third-order valence-corrected chi connectivity index (χ3v) is 2.16. The third-order valence-electron chi connectivity index (χ3n) is 2.16. The van der Waals surface area contributed by atoms with Crippen LogP contribution in [0, 0.1) is 0 Å². The Kier molecular flexibility index (Phi) is 12.7. The van der Waals surface area contributed by atoms with E-state index in [1.165, 1.54) is 38.5 Å². The summed E-state index contributed by atoms with van der Waals surface area (Å²) in [6.07, 6.45) is 9.86. The van der Waals surface area contributed by atoms with Crippen LogP contribution in [0.2, 0.25) is 0 Å². The standard InChI is InChI=1S/C10H21O4/c1-2-3-4-5-6-7-8-9-10-12-14-13-11/h2-10H2,1H3. The van der Waals surface area contributed by atoms with Crippen molar-refractivity contribution in [2.24, 2.45) is 0 Å². The normalized spacial score (nSPS) is 10.7. The molecule has 0 heterocycles. The van der Waals surface area contributed by atoms with Crippen molar-refractivity contribution < 1.29 is 20.2 Å². The smallest absolute Gasteiger partial charge is 0.0855 e. The summed E-state index contributed by atoms with van der Waals surface area (Å²) in [7, 11) is 0. The summed E-state index contributed by atoms with van der Waals surface area (Å²) in [6, 6.07) is 0. The van der Waals surface area contributed by atoms with Gasteiger partial charge in [0, 0.05) is 0 Å². The summed E-state index contributed by atoms with van der Waals surface area (Å²) < 4.78 is 0. The fraction of sp³-hybridized carbons (Fsp3) is 1.00. The van der Waals surface area contributed by atoms with Gasteiger partial charge in [-0.25, -0.2) is 4.89 Å². The molecule has 0 spiro atoms. The minimum atomic E-state index is 0.428. The molecule has 0 unspecified atom stereocenters. The van der Waals surface area contributed by atoms with Gasteiger partial charge in [0.25, 0.3) is 0 Å². The van der Waals surface area contributed by atoms with Gasteiger partial charge in [0.2, 0.25) is 0 Å². The number of rotatable bonds is 11. The van der Waals surface area contributed by atoms with Gasteiger partial charge in [0.15, 0.2) is 0 Å². The summed E-state index contributed by atoms with van der Waals surface area (Å²) >= 11 is 0. The largest absolute Gasteiger partial charge is 0.204 e. The van der Waals surface area contributed by atoms with Crippen LogP contribution in [-0.2, 0) is 20.2 Å². The van der Waals surface area contributed by atoms with Gasteiger partial charge in [0.05, 0.1) is 6.61 Å². The lowest BCUT2D eigenvalue weighted by atomic mass is 10.1. The molecule has 4 nitrogen and oxygen atoms in total. The van der Waals surface area contributed by atoms with Crippen LogP contribution < -0.4 is 0 Å². The molecular weight excluding hydrogens is 184 g/mol. The van der Waals surface area contributed by atoms with Crippen LogP contribution in [0.3, 0.4) is 0 Å². The number of unbranched alkanes of at least 4 members (excludes halogenated alkanes) is 7. The van der Waals surface area contributed by atoms with Gasteiger partial charge >= 0.3 is 0 Å². The number of hydrogen-bond acceptors (Lipinski definition) is 3. The molecule has 85 valence electrons. The second-order valence-corrected chi connectivity index (χ2v) is 3.43. The first-order chi connectivity index (χ1) is 6.91. The zero-order valence-corrected chi connectivity index (χ0v) is 9.00. The topological polar surface area (TPSA) is 47.6 Å². The monoisotopic (exact) mass is 205 g/mol. The Morgan fingerprint density at radius 3 is 2.00 bits per heavy atom. The highest BCUT2D eigenvalue weighted by molar-refractivity contribution is 4.44. The van der Waals surface area contributed by atoms with Crippen molar-refractivity contribution in [3.8, 4) is 0 Å². The molecular formula is C10H21O4. The Labute approximate surface area is 85.9 Å². The van der Waals surface area contributed by atoms with Crippen molar-refractivity contribution in [3.05, 3.63) is 0 Å². The summed E-state index contributed by atoms with van der Waals surface area (Å²) in [5.41, 5.74) is 0. The van der Waals surface area contributed by atoms with Crippen molar-refractivity contribution in [3.63, 3.8) is 0 Å². The average molecular weight is 205 g/mol. The molecule has 0 rings (SSSR count). The van der Waals surface area contributed by atoms with Gasteiger partial charge < -0.3 is 0 Å². The van der Waals surface area contributed by atoms with Crippen molar-refractivity contribution in [1.82, 2.24) is 0 Å². The number of hydrogen-bond donors (Lipinski definition) is 0. The third kappa shape index (κ3) is 11.8. The van der Waals surface area contributed by atoms with E-state index in [0.717, 1.165) is 12.8 Å². The molecule has 0 fully saturated rings. The van der Waals surface area contributed by atoms with Crippen molar-refractivity contribution >= 4 is 0 Å². The molecule has 0 saturated heterocycles. The zero-order chi connectivity index (χ0) is 10.5. The maximum Gasteiger partial charge on any atom is 0.0855 e. The second kappa shape index (κ2) is 12.8. The van der Waals surface area contributed by atoms with Gasteiger partial charge in [-0.15, -0.1) is 0 Å². The Morgan fingerprint density at radius 1 is 0.857 bits per heavy atom. The van der Waals surface area contributed by atoms with E-state index in [1.807, 2.05) is 0 Å². The molecule has 0 aromatic heterocycles. The summed E-state index contributed by atoms with van der Waals surface area (Å²) in [5, 5.41) is 16.1. The Hall–Kier alpha value is -0.160. The molecule has 0 N–H and O–H groups in total. The van der Waals surface area contributed by atoms with Gasteiger partial charge in [0.1, 0.15) is 0 Å². The van der Waals surface area contributed by atoms with Crippen molar-refractivity contribution in [2.75, 3.05) is 6.61 Å². The molecule has 0 bridgehead atoms. The Balaban J connectivity index is 2.78. The van der Waals surface area contributed by atoms with Crippen molar-refractivity contribution in [1.29, 1.82) is 0 Å². The van der Waals surface area contributed by atoms with Gasteiger partial charge in [-0.1, -0.05) is 51.9 Å². The molecule has 0 aromatic rings. The minimum absolute atomic E-state index is 0.428. The molecule has 0 aliphatic carbocycles. The second-order valence-electron chi connectivity index (χ2n) is 3.43. The van der Waals surface area contributed by atoms with E-state index < -0.39 is 0 Å². The molecule has 0 saturated carbocycles. The van der Waals surface area contributed by atoms with Gasteiger partial charge in [-0.05, 0) is 21.8 Å². The van der Waals surface area contributed by atoms with Gasteiger partial charge in [-0.2, -0.15) is 0 Å². The molecule has 0 aliphatic heterocycles. The van der Waals surface area contributed by atoms with Crippen LogP contribution in [0.15, 0.2) is 0 Å². The molecule has 0 aliphatic rings. The lowest BCUT2D eigenvalue weighted by Gasteiger charge is -2.00. The first kappa shape index (κ1) is 13.8. The highest BCUT2D eigenvalue weighted by Gasteiger charge is 1.92. The van der Waals surface area contributed by atoms with Crippen LogP contribution in [0.25, 0.3) is 0 Å². The van der Waals surface area contributed by atoms with Crippen LogP contribution in [0.5, 0.6) is 0 Å². The molecule has 4 heteroatoms. The highest BCUT2D eigenvalue weighted by atomic mass is 17.6. The fourth-order valence-electron chi connectivity index (χ4n) is 1.35.